The lowest BCUT2D eigenvalue weighted by atomic mass is 10.2. The van der Waals surface area contributed by atoms with Crippen LogP contribution in [0.15, 0.2) is 24.3 Å². The molecule has 0 atom stereocenters. The first-order valence-electron chi connectivity index (χ1n) is 5.24. The van der Waals surface area contributed by atoms with Gasteiger partial charge in [0.15, 0.2) is 5.69 Å². The van der Waals surface area contributed by atoms with Crippen molar-refractivity contribution in [3.8, 4) is 6.07 Å². The average Bonchev–Trinajstić information content (AvgIpc) is 2.71. The number of rotatable bonds is 2. The number of nitrogens with one attached hydrogen (secondary N) is 2. The van der Waals surface area contributed by atoms with Crippen molar-refractivity contribution in [1.82, 2.24) is 10.2 Å². The van der Waals surface area contributed by atoms with Crippen LogP contribution in [-0.2, 0) is 0 Å². The fraction of sp³-hybridized carbons (Fsp3) is 0.0833. The lowest BCUT2D eigenvalue weighted by Gasteiger charge is -2.05. The highest BCUT2D eigenvalue weighted by atomic mass is 16.2. The van der Waals surface area contributed by atoms with E-state index in [-0.39, 0.29) is 5.69 Å². The monoisotopic (exact) mass is 241 g/mol. The van der Waals surface area contributed by atoms with Crippen LogP contribution < -0.4 is 11.1 Å². The molecule has 1 aromatic heterocycles. The number of H-pyrrole nitrogens is 1. The molecule has 0 spiro atoms. The zero-order valence-corrected chi connectivity index (χ0v) is 9.69. The Labute approximate surface area is 103 Å². The van der Waals surface area contributed by atoms with E-state index in [0.717, 1.165) is 0 Å². The summed E-state index contributed by atoms with van der Waals surface area (Å²) in [7, 11) is 0. The molecular weight excluding hydrogens is 230 g/mol. The number of benzene rings is 1. The molecule has 0 bridgehead atoms. The Morgan fingerprint density at radius 1 is 1.50 bits per heavy atom. The minimum Gasteiger partial charge on any atom is -0.395 e. The van der Waals surface area contributed by atoms with Crippen LogP contribution in [0.25, 0.3) is 0 Å². The molecule has 0 aliphatic rings. The number of aryl methyl sites for hydroxylation is 1. The van der Waals surface area contributed by atoms with Crippen molar-refractivity contribution in [1.29, 1.82) is 5.26 Å². The van der Waals surface area contributed by atoms with Gasteiger partial charge < -0.3 is 11.1 Å². The molecule has 0 unspecified atom stereocenters. The second kappa shape index (κ2) is 4.59. The third-order valence-corrected chi connectivity index (χ3v) is 2.51. The number of nitrogen functional groups attached to an aromatic ring is 1. The SMILES string of the molecule is Cc1[nH]nc(C(=O)Nc2ccccc2C#N)c1N. The number of aromatic amines is 1. The third kappa shape index (κ3) is 2.01. The number of aromatic nitrogens is 2. The van der Waals surface area contributed by atoms with E-state index < -0.39 is 5.91 Å². The molecule has 0 aliphatic carbocycles. The zero-order chi connectivity index (χ0) is 13.1. The van der Waals surface area contributed by atoms with Gasteiger partial charge in [-0.1, -0.05) is 12.1 Å². The predicted octanol–water partition coefficient (Wildman–Crippen LogP) is 1.42. The number of nitrogens with zero attached hydrogens (tertiary/aromatic N) is 2. The lowest BCUT2D eigenvalue weighted by Crippen LogP contribution is -2.15. The van der Waals surface area contributed by atoms with E-state index in [0.29, 0.717) is 22.6 Å². The van der Waals surface area contributed by atoms with Gasteiger partial charge in [-0.05, 0) is 19.1 Å². The van der Waals surface area contributed by atoms with Gasteiger partial charge in [0.1, 0.15) is 6.07 Å². The average molecular weight is 241 g/mol. The summed E-state index contributed by atoms with van der Waals surface area (Å²) in [6, 6.07) is 8.72. The number of carbonyl (C=O) groups is 1. The molecule has 0 radical (unpaired) electrons. The Morgan fingerprint density at radius 2 is 2.22 bits per heavy atom. The van der Waals surface area contributed by atoms with Gasteiger partial charge in [-0.25, -0.2) is 0 Å². The highest BCUT2D eigenvalue weighted by Gasteiger charge is 2.16. The molecule has 0 saturated heterocycles. The number of para-hydroxylation sites is 1. The number of amides is 1. The Hall–Kier alpha value is -2.81. The number of nitriles is 1. The topological polar surface area (TPSA) is 108 Å². The maximum Gasteiger partial charge on any atom is 0.278 e. The van der Waals surface area contributed by atoms with Crippen LogP contribution in [0.4, 0.5) is 11.4 Å². The molecule has 0 saturated carbocycles. The second-order valence-electron chi connectivity index (χ2n) is 3.72. The summed E-state index contributed by atoms with van der Waals surface area (Å²) in [5, 5.41) is 18.0. The van der Waals surface area contributed by atoms with Gasteiger partial charge in [0, 0.05) is 0 Å². The number of carbonyl (C=O) groups excluding carboxylic acids is 1. The van der Waals surface area contributed by atoms with Crippen LogP contribution in [0.5, 0.6) is 0 Å². The smallest absolute Gasteiger partial charge is 0.278 e. The predicted molar refractivity (Wildman–Crippen MR) is 66.8 cm³/mol. The summed E-state index contributed by atoms with van der Waals surface area (Å²) in [4.78, 5) is 11.9. The molecule has 1 amide bonds. The van der Waals surface area contributed by atoms with Gasteiger partial charge in [0.25, 0.3) is 5.91 Å². The third-order valence-electron chi connectivity index (χ3n) is 2.51. The molecule has 6 nitrogen and oxygen atoms in total. The summed E-state index contributed by atoms with van der Waals surface area (Å²) >= 11 is 0. The Bertz CT molecular complexity index is 638. The number of hydrogen-bond donors (Lipinski definition) is 3. The Balaban J connectivity index is 2.28. The van der Waals surface area contributed by atoms with E-state index in [2.05, 4.69) is 15.5 Å². The molecule has 0 fully saturated rings. The molecule has 6 heteroatoms. The number of anilines is 2. The minimum absolute atomic E-state index is 0.125. The van der Waals surface area contributed by atoms with Crippen LogP contribution in [-0.4, -0.2) is 16.1 Å². The summed E-state index contributed by atoms with van der Waals surface area (Å²) in [5.74, 6) is -0.445. The van der Waals surface area contributed by atoms with Gasteiger partial charge in [-0.3, -0.25) is 9.89 Å². The molecule has 2 aromatic rings. The minimum atomic E-state index is -0.445. The van der Waals surface area contributed by atoms with Crippen LogP contribution in [0.3, 0.4) is 0 Å². The number of nitrogens with two attached hydrogens (primary N) is 1. The Kier molecular flexibility index (Phi) is 2.98. The summed E-state index contributed by atoms with van der Waals surface area (Å²) < 4.78 is 0. The Morgan fingerprint density at radius 3 is 2.83 bits per heavy atom. The normalized spacial score (nSPS) is 9.78. The fourth-order valence-electron chi connectivity index (χ4n) is 1.48. The summed E-state index contributed by atoms with van der Waals surface area (Å²) in [6.45, 7) is 1.72. The van der Waals surface area contributed by atoms with Crippen molar-refractivity contribution in [2.45, 2.75) is 6.92 Å². The van der Waals surface area contributed by atoms with Gasteiger partial charge in [0.05, 0.1) is 22.6 Å². The largest absolute Gasteiger partial charge is 0.395 e. The van der Waals surface area contributed by atoms with Crippen molar-refractivity contribution in [3.05, 3.63) is 41.2 Å². The van der Waals surface area contributed by atoms with E-state index in [1.165, 1.54) is 0 Å². The highest BCUT2D eigenvalue weighted by molar-refractivity contribution is 6.07. The zero-order valence-electron chi connectivity index (χ0n) is 9.69. The second-order valence-corrected chi connectivity index (χ2v) is 3.72. The fourth-order valence-corrected chi connectivity index (χ4v) is 1.48. The highest BCUT2D eigenvalue weighted by Crippen LogP contribution is 2.17. The molecule has 1 aromatic carbocycles. The van der Waals surface area contributed by atoms with Crippen LogP contribution in [0, 0.1) is 18.3 Å². The molecule has 90 valence electrons. The molecule has 1 heterocycles. The van der Waals surface area contributed by atoms with Crippen LogP contribution in [0.1, 0.15) is 21.7 Å². The first-order valence-corrected chi connectivity index (χ1v) is 5.24. The van der Waals surface area contributed by atoms with Crippen molar-refractivity contribution in [2.24, 2.45) is 0 Å². The van der Waals surface area contributed by atoms with Crippen molar-refractivity contribution < 1.29 is 4.79 Å². The van der Waals surface area contributed by atoms with E-state index in [1.54, 1.807) is 31.2 Å². The lowest BCUT2D eigenvalue weighted by molar-refractivity contribution is 0.102. The van der Waals surface area contributed by atoms with Gasteiger partial charge >= 0.3 is 0 Å². The maximum atomic E-state index is 11.9. The molecular formula is C12H11N5O. The van der Waals surface area contributed by atoms with Gasteiger partial charge in [0.2, 0.25) is 0 Å². The first kappa shape index (κ1) is 11.7. The van der Waals surface area contributed by atoms with E-state index in [9.17, 15) is 4.79 Å². The summed E-state index contributed by atoms with van der Waals surface area (Å²) in [5.41, 5.74) is 7.59. The number of hydrogen-bond acceptors (Lipinski definition) is 4. The molecule has 0 aliphatic heterocycles. The van der Waals surface area contributed by atoms with E-state index in [1.807, 2.05) is 6.07 Å². The first-order chi connectivity index (χ1) is 8.63. The van der Waals surface area contributed by atoms with Crippen LogP contribution in [0.2, 0.25) is 0 Å². The van der Waals surface area contributed by atoms with Gasteiger partial charge in [-0.15, -0.1) is 0 Å². The standard InChI is InChI=1S/C12H11N5O/c1-7-10(14)11(17-16-7)12(18)15-9-5-3-2-4-8(9)6-13/h2-5H,14H2,1H3,(H,15,18)(H,16,17). The van der Waals surface area contributed by atoms with Crippen molar-refractivity contribution in [3.63, 3.8) is 0 Å². The summed E-state index contributed by atoms with van der Waals surface area (Å²) in [6.07, 6.45) is 0. The van der Waals surface area contributed by atoms with Gasteiger partial charge in [-0.2, -0.15) is 10.4 Å². The molecule has 18 heavy (non-hydrogen) atoms. The molecule has 4 N–H and O–H groups in total. The molecule has 2 rings (SSSR count). The van der Waals surface area contributed by atoms with Crippen molar-refractivity contribution >= 4 is 17.3 Å². The van der Waals surface area contributed by atoms with E-state index >= 15 is 0 Å². The van der Waals surface area contributed by atoms with Crippen LogP contribution >= 0.6 is 0 Å². The quantitative estimate of drug-likeness (QED) is 0.738. The van der Waals surface area contributed by atoms with E-state index in [4.69, 9.17) is 11.0 Å². The maximum absolute atomic E-state index is 11.9. The van der Waals surface area contributed by atoms with Crippen molar-refractivity contribution in [2.75, 3.05) is 11.1 Å².